The molecule has 3 N–H and O–H groups in total. The maximum Gasteiger partial charge on any atom is 0.280 e. The van der Waals surface area contributed by atoms with E-state index in [0.717, 1.165) is 6.20 Å². The highest BCUT2D eigenvalue weighted by atomic mass is 35.5. The van der Waals surface area contributed by atoms with Crippen LogP contribution in [0.2, 0.25) is 0 Å². The first-order chi connectivity index (χ1) is 6.61. The highest BCUT2D eigenvalue weighted by Gasteiger charge is 2.18. The fourth-order valence-electron chi connectivity index (χ4n) is 1.15. The molecule has 0 spiro atoms. The summed E-state index contributed by atoms with van der Waals surface area (Å²) >= 11 is 5.53. The maximum absolute atomic E-state index is 12.4. The zero-order chi connectivity index (χ0) is 10.7. The summed E-state index contributed by atoms with van der Waals surface area (Å²) in [7, 11) is 0. The minimum absolute atomic E-state index is 0.0231. The molecule has 0 aliphatic heterocycles. The molecule has 0 amide bonds. The summed E-state index contributed by atoms with van der Waals surface area (Å²) in [5.74, 6) is -0.0238. The van der Waals surface area contributed by atoms with Gasteiger partial charge in [-0.25, -0.2) is 8.78 Å². The molecule has 78 valence electrons. The second kappa shape index (κ2) is 4.52. The van der Waals surface area contributed by atoms with Gasteiger partial charge in [0.15, 0.2) is 0 Å². The average Bonchev–Trinajstić information content (AvgIpc) is 2.16. The largest absolute Gasteiger partial charge is 0.397 e. The van der Waals surface area contributed by atoms with E-state index < -0.39 is 18.7 Å². The Morgan fingerprint density at radius 1 is 1.50 bits per heavy atom. The van der Waals surface area contributed by atoms with Crippen LogP contribution < -0.4 is 5.73 Å². The number of nitrogens with zero attached hydrogens (tertiary/aromatic N) is 1. The van der Waals surface area contributed by atoms with Gasteiger partial charge in [0.05, 0.1) is 18.5 Å². The summed E-state index contributed by atoms with van der Waals surface area (Å²) in [5.41, 5.74) is 5.57. The minimum atomic E-state index is -2.74. The predicted molar refractivity (Wildman–Crippen MR) is 49.1 cm³/mol. The molecule has 3 nitrogen and oxygen atoms in total. The third kappa shape index (κ3) is 1.93. The molecule has 0 aromatic carbocycles. The second-order valence-corrected chi connectivity index (χ2v) is 2.92. The van der Waals surface area contributed by atoms with E-state index in [2.05, 4.69) is 4.98 Å². The van der Waals surface area contributed by atoms with E-state index >= 15 is 0 Å². The van der Waals surface area contributed by atoms with Crippen LogP contribution in [-0.4, -0.2) is 10.1 Å². The van der Waals surface area contributed by atoms with Crippen LogP contribution in [0.3, 0.4) is 0 Å². The molecule has 0 unspecified atom stereocenters. The van der Waals surface area contributed by atoms with Crippen molar-refractivity contribution in [3.63, 3.8) is 0 Å². The molecule has 6 heteroatoms. The van der Waals surface area contributed by atoms with E-state index in [0.29, 0.717) is 5.56 Å². The standard InChI is InChI=1S/C8H9ClF2N2O/c9-1-4-5(3-14)7(8(10)11)13-2-6(4)12/h2,8,14H,1,3,12H2. The molecule has 0 aliphatic rings. The Balaban J connectivity index is 3.33. The van der Waals surface area contributed by atoms with E-state index in [1.165, 1.54) is 0 Å². The summed E-state index contributed by atoms with van der Waals surface area (Å²) in [5, 5.41) is 8.92. The van der Waals surface area contributed by atoms with Crippen molar-refractivity contribution in [3.8, 4) is 0 Å². The number of aromatic nitrogens is 1. The number of nitrogen functional groups attached to an aromatic ring is 1. The van der Waals surface area contributed by atoms with E-state index in [1.807, 2.05) is 0 Å². The molecule has 0 aliphatic carbocycles. The zero-order valence-electron chi connectivity index (χ0n) is 7.17. The average molecular weight is 223 g/mol. The Bertz CT molecular complexity index is 333. The summed E-state index contributed by atoms with van der Waals surface area (Å²) < 4.78 is 24.8. The molecule has 0 atom stereocenters. The van der Waals surface area contributed by atoms with Crippen LogP contribution in [0.4, 0.5) is 14.5 Å². The number of nitrogens with two attached hydrogens (primary N) is 1. The van der Waals surface area contributed by atoms with Gasteiger partial charge in [-0.1, -0.05) is 0 Å². The van der Waals surface area contributed by atoms with Gasteiger partial charge in [0, 0.05) is 11.4 Å². The number of halogens is 3. The SMILES string of the molecule is Nc1cnc(C(F)F)c(CO)c1CCl. The Kier molecular flexibility index (Phi) is 3.60. The summed E-state index contributed by atoms with van der Waals surface area (Å²) in [6.07, 6.45) is -1.61. The molecule has 0 bridgehead atoms. The monoisotopic (exact) mass is 222 g/mol. The number of hydrogen-bond donors (Lipinski definition) is 2. The van der Waals surface area contributed by atoms with E-state index in [9.17, 15) is 8.78 Å². The lowest BCUT2D eigenvalue weighted by Gasteiger charge is -2.11. The van der Waals surface area contributed by atoms with Gasteiger partial charge < -0.3 is 10.8 Å². The lowest BCUT2D eigenvalue weighted by atomic mass is 10.1. The Hall–Kier alpha value is -0.940. The van der Waals surface area contributed by atoms with Crippen LogP contribution in [0.1, 0.15) is 23.2 Å². The van der Waals surface area contributed by atoms with Gasteiger partial charge in [0.1, 0.15) is 5.69 Å². The number of pyridine rings is 1. The van der Waals surface area contributed by atoms with Crippen molar-refractivity contribution in [3.05, 3.63) is 23.0 Å². The van der Waals surface area contributed by atoms with Crippen LogP contribution in [0, 0.1) is 0 Å². The molecule has 1 rings (SSSR count). The normalized spacial score (nSPS) is 10.9. The maximum atomic E-state index is 12.4. The van der Waals surface area contributed by atoms with E-state index in [4.69, 9.17) is 22.4 Å². The highest BCUT2D eigenvalue weighted by molar-refractivity contribution is 6.17. The van der Waals surface area contributed by atoms with Gasteiger partial charge in [-0.2, -0.15) is 0 Å². The molecule has 1 aromatic heterocycles. The Morgan fingerprint density at radius 3 is 2.57 bits per heavy atom. The molecule has 0 saturated carbocycles. The topological polar surface area (TPSA) is 59.1 Å². The molecule has 1 heterocycles. The number of anilines is 1. The van der Waals surface area contributed by atoms with Gasteiger partial charge >= 0.3 is 0 Å². The lowest BCUT2D eigenvalue weighted by Crippen LogP contribution is -2.06. The Labute approximate surface area is 84.5 Å². The molecule has 1 aromatic rings. The molecular weight excluding hydrogens is 214 g/mol. The van der Waals surface area contributed by atoms with Gasteiger partial charge in [0.2, 0.25) is 0 Å². The highest BCUT2D eigenvalue weighted by Crippen LogP contribution is 2.27. The van der Waals surface area contributed by atoms with Gasteiger partial charge in [0.25, 0.3) is 6.43 Å². The molecule has 14 heavy (non-hydrogen) atoms. The van der Waals surface area contributed by atoms with Gasteiger partial charge in [-0.05, 0) is 5.56 Å². The molecule has 0 fully saturated rings. The zero-order valence-corrected chi connectivity index (χ0v) is 7.93. The van der Waals surface area contributed by atoms with Crippen molar-refractivity contribution in [2.24, 2.45) is 0 Å². The van der Waals surface area contributed by atoms with Gasteiger partial charge in [-0.3, -0.25) is 4.98 Å². The second-order valence-electron chi connectivity index (χ2n) is 2.65. The Morgan fingerprint density at radius 2 is 2.14 bits per heavy atom. The number of aliphatic hydroxyl groups is 1. The van der Waals surface area contributed by atoms with Crippen molar-refractivity contribution in [1.29, 1.82) is 0 Å². The fourth-order valence-corrected chi connectivity index (χ4v) is 1.46. The first-order valence-corrected chi connectivity index (χ1v) is 4.36. The number of aliphatic hydroxyl groups excluding tert-OH is 1. The minimum Gasteiger partial charge on any atom is -0.397 e. The first-order valence-electron chi connectivity index (χ1n) is 3.82. The fraction of sp³-hybridized carbons (Fsp3) is 0.375. The van der Waals surface area contributed by atoms with E-state index in [1.54, 1.807) is 0 Å². The third-order valence-electron chi connectivity index (χ3n) is 1.86. The van der Waals surface area contributed by atoms with Crippen molar-refractivity contribution in [2.75, 3.05) is 5.73 Å². The third-order valence-corrected chi connectivity index (χ3v) is 2.13. The van der Waals surface area contributed by atoms with Crippen LogP contribution in [0.25, 0.3) is 0 Å². The number of alkyl halides is 3. The molecule has 0 radical (unpaired) electrons. The summed E-state index contributed by atoms with van der Waals surface area (Å²) in [4.78, 5) is 3.46. The lowest BCUT2D eigenvalue weighted by molar-refractivity contribution is 0.141. The van der Waals surface area contributed by atoms with Crippen molar-refractivity contribution in [1.82, 2.24) is 4.98 Å². The van der Waals surface area contributed by atoms with Crippen LogP contribution in [0.15, 0.2) is 6.20 Å². The molecule has 0 saturated heterocycles. The quantitative estimate of drug-likeness (QED) is 0.768. The summed E-state index contributed by atoms with van der Waals surface area (Å²) in [6.45, 7) is -0.542. The summed E-state index contributed by atoms with van der Waals surface area (Å²) in [6, 6.07) is 0. The molecular formula is C8H9ClF2N2O. The number of rotatable bonds is 3. The van der Waals surface area contributed by atoms with Crippen molar-refractivity contribution >= 4 is 17.3 Å². The van der Waals surface area contributed by atoms with Crippen LogP contribution >= 0.6 is 11.6 Å². The first kappa shape index (κ1) is 11.1. The van der Waals surface area contributed by atoms with Crippen LogP contribution in [0.5, 0.6) is 0 Å². The van der Waals surface area contributed by atoms with Gasteiger partial charge in [-0.15, -0.1) is 11.6 Å². The number of hydrogen-bond acceptors (Lipinski definition) is 3. The smallest absolute Gasteiger partial charge is 0.280 e. The van der Waals surface area contributed by atoms with Crippen molar-refractivity contribution in [2.45, 2.75) is 18.9 Å². The van der Waals surface area contributed by atoms with E-state index in [-0.39, 0.29) is 17.1 Å². The predicted octanol–water partition coefficient (Wildman–Crippen LogP) is 1.83. The van der Waals surface area contributed by atoms with Crippen LogP contribution in [-0.2, 0) is 12.5 Å². The van der Waals surface area contributed by atoms with Crippen molar-refractivity contribution < 1.29 is 13.9 Å².